The van der Waals surface area contributed by atoms with Gasteiger partial charge in [0.05, 0.1) is 16.9 Å². The molecular formula is C23H24N6O4S. The molecule has 4 aromatic rings. The smallest absolute Gasteiger partial charge is 0.358 e. The molecule has 1 atom stereocenters. The summed E-state index contributed by atoms with van der Waals surface area (Å²) in [7, 11) is -3.80. The van der Waals surface area contributed by atoms with Crippen molar-refractivity contribution in [3.8, 4) is 0 Å². The first-order valence-corrected chi connectivity index (χ1v) is 12.4. The van der Waals surface area contributed by atoms with Crippen molar-refractivity contribution < 1.29 is 17.9 Å². The van der Waals surface area contributed by atoms with Gasteiger partial charge in [0.1, 0.15) is 18.0 Å². The van der Waals surface area contributed by atoms with Gasteiger partial charge in [-0.2, -0.15) is 0 Å². The topological polar surface area (TPSA) is 121 Å². The Balaban J connectivity index is 1.40. The molecule has 0 spiro atoms. The third-order valence-corrected chi connectivity index (χ3v) is 7.54. The standard InChI is InChI=1S/C23H24N6O4S/c1-3-33-23(30)19-13-28-10-8-16(12-20(28)27-19)26-21-18-9-11-29(22(18)25-14-24-21)34(31,32)17-6-4-15(2)5-7-17/h4-7,9,11,13-14,16H,3,8,10,12H2,1-2H3,(H,24,25,26). The van der Waals surface area contributed by atoms with Crippen LogP contribution in [0.3, 0.4) is 0 Å². The van der Waals surface area contributed by atoms with Crippen molar-refractivity contribution in [3.05, 3.63) is 66.1 Å². The van der Waals surface area contributed by atoms with Gasteiger partial charge < -0.3 is 14.6 Å². The van der Waals surface area contributed by atoms with Crippen LogP contribution in [-0.2, 0) is 27.7 Å². The Labute approximate surface area is 196 Å². The molecule has 176 valence electrons. The summed E-state index contributed by atoms with van der Waals surface area (Å²) < 4.78 is 34.6. The number of benzene rings is 1. The molecule has 11 heteroatoms. The van der Waals surface area contributed by atoms with Gasteiger partial charge in [0.15, 0.2) is 11.3 Å². The highest BCUT2D eigenvalue weighted by atomic mass is 32.2. The van der Waals surface area contributed by atoms with Gasteiger partial charge in [-0.25, -0.2) is 32.1 Å². The van der Waals surface area contributed by atoms with Gasteiger partial charge in [-0.15, -0.1) is 0 Å². The average molecular weight is 481 g/mol. The molecule has 0 saturated heterocycles. The Bertz CT molecular complexity index is 1470. The minimum Gasteiger partial charge on any atom is -0.461 e. The zero-order valence-electron chi connectivity index (χ0n) is 18.8. The van der Waals surface area contributed by atoms with E-state index in [9.17, 15) is 13.2 Å². The van der Waals surface area contributed by atoms with Crippen LogP contribution in [0.1, 0.15) is 35.2 Å². The fourth-order valence-corrected chi connectivity index (χ4v) is 5.41. The van der Waals surface area contributed by atoms with Gasteiger partial charge in [-0.1, -0.05) is 17.7 Å². The van der Waals surface area contributed by atoms with Crippen LogP contribution in [0.5, 0.6) is 0 Å². The summed E-state index contributed by atoms with van der Waals surface area (Å²) in [4.78, 5) is 25.2. The monoisotopic (exact) mass is 480 g/mol. The van der Waals surface area contributed by atoms with Crippen LogP contribution in [0.2, 0.25) is 0 Å². The maximum atomic E-state index is 13.2. The number of esters is 1. The number of imidazole rings is 1. The van der Waals surface area contributed by atoms with E-state index in [1.165, 1.54) is 16.5 Å². The molecule has 34 heavy (non-hydrogen) atoms. The van der Waals surface area contributed by atoms with Crippen molar-refractivity contribution in [1.29, 1.82) is 0 Å². The molecule has 1 N–H and O–H groups in total. The number of hydrogen-bond donors (Lipinski definition) is 1. The Morgan fingerprint density at radius 2 is 2.00 bits per heavy atom. The molecule has 10 nitrogen and oxygen atoms in total. The second-order valence-electron chi connectivity index (χ2n) is 8.18. The molecule has 1 aliphatic rings. The van der Waals surface area contributed by atoms with Crippen molar-refractivity contribution in [2.75, 3.05) is 11.9 Å². The Hall–Kier alpha value is -3.73. The summed E-state index contributed by atoms with van der Waals surface area (Å²) in [6.07, 6.45) is 5.96. The van der Waals surface area contributed by atoms with Crippen molar-refractivity contribution in [1.82, 2.24) is 23.5 Å². The number of ether oxygens (including phenoxy) is 1. The van der Waals surface area contributed by atoms with E-state index in [0.29, 0.717) is 42.1 Å². The summed E-state index contributed by atoms with van der Waals surface area (Å²) >= 11 is 0. The number of aryl methyl sites for hydroxylation is 2. The van der Waals surface area contributed by atoms with Gasteiger partial charge in [-0.05, 0) is 38.5 Å². The summed E-state index contributed by atoms with van der Waals surface area (Å²) in [5, 5.41) is 4.02. The molecule has 1 aliphatic heterocycles. The van der Waals surface area contributed by atoms with Gasteiger partial charge >= 0.3 is 5.97 Å². The second kappa shape index (κ2) is 8.56. The van der Waals surface area contributed by atoms with E-state index in [4.69, 9.17) is 4.74 Å². The van der Waals surface area contributed by atoms with Crippen LogP contribution in [0.25, 0.3) is 11.0 Å². The maximum Gasteiger partial charge on any atom is 0.358 e. The number of nitrogens with one attached hydrogen (secondary N) is 1. The van der Waals surface area contributed by atoms with Crippen LogP contribution in [-0.4, -0.2) is 50.5 Å². The van der Waals surface area contributed by atoms with E-state index < -0.39 is 16.0 Å². The van der Waals surface area contributed by atoms with Crippen LogP contribution < -0.4 is 5.32 Å². The number of carbonyl (C=O) groups is 1. The summed E-state index contributed by atoms with van der Waals surface area (Å²) in [6, 6.07) is 8.42. The van der Waals surface area contributed by atoms with E-state index in [1.807, 2.05) is 11.5 Å². The van der Waals surface area contributed by atoms with Crippen LogP contribution in [0.15, 0.2) is 53.9 Å². The van der Waals surface area contributed by atoms with E-state index in [-0.39, 0.29) is 10.9 Å². The number of anilines is 1. The van der Waals surface area contributed by atoms with Crippen molar-refractivity contribution in [2.45, 2.75) is 44.2 Å². The third kappa shape index (κ3) is 3.92. The molecular weight excluding hydrogens is 456 g/mol. The average Bonchev–Trinajstić information content (AvgIpc) is 3.45. The number of rotatable bonds is 6. The lowest BCUT2D eigenvalue weighted by Crippen LogP contribution is -2.30. The minimum atomic E-state index is -3.80. The molecule has 1 aromatic carbocycles. The van der Waals surface area contributed by atoms with Crippen LogP contribution in [0, 0.1) is 6.92 Å². The highest BCUT2D eigenvalue weighted by Gasteiger charge is 2.25. The molecule has 0 amide bonds. The number of nitrogens with zero attached hydrogens (tertiary/aromatic N) is 5. The summed E-state index contributed by atoms with van der Waals surface area (Å²) in [5.74, 6) is 0.914. The molecule has 0 radical (unpaired) electrons. The lowest BCUT2D eigenvalue weighted by molar-refractivity contribution is 0.0520. The maximum absolute atomic E-state index is 13.2. The second-order valence-corrected chi connectivity index (χ2v) is 9.99. The predicted molar refractivity (Wildman–Crippen MR) is 125 cm³/mol. The Morgan fingerprint density at radius 3 is 2.76 bits per heavy atom. The molecule has 0 bridgehead atoms. The summed E-state index contributed by atoms with van der Waals surface area (Å²) in [6.45, 7) is 4.65. The lowest BCUT2D eigenvalue weighted by atomic mass is 10.1. The van der Waals surface area contributed by atoms with Gasteiger partial charge in [0.2, 0.25) is 0 Å². The number of hydrogen-bond acceptors (Lipinski definition) is 8. The quantitative estimate of drug-likeness (QED) is 0.418. The highest BCUT2D eigenvalue weighted by Crippen LogP contribution is 2.27. The number of carbonyl (C=O) groups excluding carboxylic acids is 1. The SMILES string of the molecule is CCOC(=O)c1cn2c(n1)CC(Nc1ncnc3c1ccn3S(=O)(=O)c1ccc(C)cc1)CC2. The number of fused-ring (bicyclic) bond motifs is 2. The fourth-order valence-electron chi connectivity index (χ4n) is 4.11. The van der Waals surface area contributed by atoms with Crippen molar-refractivity contribution >= 4 is 32.8 Å². The first-order chi connectivity index (χ1) is 16.4. The largest absolute Gasteiger partial charge is 0.461 e. The molecule has 0 saturated carbocycles. The lowest BCUT2D eigenvalue weighted by Gasteiger charge is -2.24. The zero-order valence-corrected chi connectivity index (χ0v) is 19.6. The predicted octanol–water partition coefficient (Wildman–Crippen LogP) is 2.78. The first kappa shape index (κ1) is 22.1. The van der Waals surface area contributed by atoms with E-state index in [1.54, 1.807) is 43.5 Å². The van der Waals surface area contributed by atoms with Crippen molar-refractivity contribution in [2.24, 2.45) is 0 Å². The highest BCUT2D eigenvalue weighted by molar-refractivity contribution is 7.90. The van der Waals surface area contributed by atoms with E-state index in [0.717, 1.165) is 17.8 Å². The van der Waals surface area contributed by atoms with E-state index in [2.05, 4.69) is 20.3 Å². The third-order valence-electron chi connectivity index (χ3n) is 5.86. The van der Waals surface area contributed by atoms with Crippen LogP contribution >= 0.6 is 0 Å². The van der Waals surface area contributed by atoms with Crippen molar-refractivity contribution in [3.63, 3.8) is 0 Å². The Morgan fingerprint density at radius 1 is 1.21 bits per heavy atom. The van der Waals surface area contributed by atoms with Crippen LogP contribution in [0.4, 0.5) is 5.82 Å². The molecule has 0 fully saturated rings. The van der Waals surface area contributed by atoms with Gasteiger partial charge in [0, 0.05) is 31.4 Å². The molecule has 0 aliphatic carbocycles. The fraction of sp³-hybridized carbons (Fsp3) is 0.304. The minimum absolute atomic E-state index is 0.0140. The normalized spacial score (nSPS) is 15.8. The molecule has 3 aromatic heterocycles. The molecule has 4 heterocycles. The first-order valence-electron chi connectivity index (χ1n) is 11.0. The number of aromatic nitrogens is 5. The molecule has 5 rings (SSSR count). The Kier molecular flexibility index (Phi) is 5.56. The van der Waals surface area contributed by atoms with E-state index >= 15 is 0 Å². The summed E-state index contributed by atoms with van der Waals surface area (Å²) in [5.41, 5.74) is 1.59. The molecule has 1 unspecified atom stereocenters. The van der Waals surface area contributed by atoms with Gasteiger partial charge in [0.25, 0.3) is 10.0 Å². The zero-order chi connectivity index (χ0) is 23.9. The van der Waals surface area contributed by atoms with Gasteiger partial charge in [-0.3, -0.25) is 0 Å².